The highest BCUT2D eigenvalue weighted by molar-refractivity contribution is 7.94. The van der Waals surface area contributed by atoms with Gasteiger partial charge in [-0.1, -0.05) is 0 Å². The van der Waals surface area contributed by atoms with E-state index in [1.54, 1.807) is 19.1 Å². The van der Waals surface area contributed by atoms with Crippen LogP contribution >= 0.6 is 11.3 Å². The van der Waals surface area contributed by atoms with Crippen LogP contribution in [0.2, 0.25) is 0 Å². The molecule has 0 saturated heterocycles. The number of hydrogen-bond donors (Lipinski definition) is 2. The predicted molar refractivity (Wildman–Crippen MR) is 108 cm³/mol. The molecule has 0 amide bonds. The largest absolute Gasteiger partial charge is 0.345 e. The van der Waals surface area contributed by atoms with Crippen molar-refractivity contribution in [2.24, 2.45) is 0 Å². The molecule has 0 saturated carbocycles. The fourth-order valence-corrected chi connectivity index (χ4v) is 5.62. The highest BCUT2D eigenvalue weighted by Crippen LogP contribution is 2.30. The minimum absolute atomic E-state index is 0.0184. The lowest BCUT2D eigenvalue weighted by Crippen LogP contribution is -2.16. The van der Waals surface area contributed by atoms with Gasteiger partial charge in [-0.25, -0.2) is 27.2 Å². The normalized spacial score (nSPS) is 11.7. The van der Waals surface area contributed by atoms with E-state index in [4.69, 9.17) is 0 Å². The van der Waals surface area contributed by atoms with Crippen LogP contribution in [0.1, 0.15) is 26.6 Å². The minimum atomic E-state index is -4.17. The zero-order valence-corrected chi connectivity index (χ0v) is 17.3. The maximum absolute atomic E-state index is 15.1. The Bertz CT molecular complexity index is 1410. The number of benzene rings is 1. The van der Waals surface area contributed by atoms with Gasteiger partial charge in [-0.15, -0.1) is 11.3 Å². The zero-order valence-electron chi connectivity index (χ0n) is 15.7. The Hall–Kier alpha value is -3.18. The highest BCUT2D eigenvalue weighted by atomic mass is 32.2. The Kier molecular flexibility index (Phi) is 4.86. The fourth-order valence-electron chi connectivity index (χ4n) is 3.07. The number of halogens is 2. The van der Waals surface area contributed by atoms with Crippen LogP contribution in [0.4, 0.5) is 14.5 Å². The van der Waals surface area contributed by atoms with Crippen LogP contribution in [0, 0.1) is 25.5 Å². The molecule has 4 rings (SSSR count). The van der Waals surface area contributed by atoms with Gasteiger partial charge in [0.25, 0.3) is 10.0 Å². The van der Waals surface area contributed by atoms with Crippen molar-refractivity contribution in [3.05, 3.63) is 70.1 Å². The molecule has 154 valence electrons. The number of sulfonamides is 1. The van der Waals surface area contributed by atoms with Crippen molar-refractivity contribution in [2.75, 3.05) is 4.72 Å². The van der Waals surface area contributed by atoms with E-state index in [9.17, 15) is 17.6 Å². The number of ketones is 1. The van der Waals surface area contributed by atoms with E-state index >= 15 is 4.39 Å². The molecule has 3 heterocycles. The first-order valence-electron chi connectivity index (χ1n) is 8.60. The summed E-state index contributed by atoms with van der Waals surface area (Å²) in [5, 5.41) is 0.916. The number of aromatic amines is 1. The molecule has 4 aromatic rings. The van der Waals surface area contributed by atoms with Crippen LogP contribution in [0.5, 0.6) is 0 Å². The van der Waals surface area contributed by atoms with Gasteiger partial charge in [-0.3, -0.25) is 9.52 Å². The number of rotatable bonds is 5. The molecule has 0 spiro atoms. The van der Waals surface area contributed by atoms with E-state index < -0.39 is 38.7 Å². The lowest BCUT2D eigenvalue weighted by atomic mass is 10.0. The smallest absolute Gasteiger partial charge is 0.273 e. The fraction of sp³-hybridized carbons (Fsp3) is 0.105. The molecule has 0 aliphatic rings. The van der Waals surface area contributed by atoms with Gasteiger partial charge < -0.3 is 4.98 Å². The summed E-state index contributed by atoms with van der Waals surface area (Å²) in [6, 6.07) is 4.94. The molecule has 1 aromatic carbocycles. The molecule has 2 N–H and O–H groups in total. The lowest BCUT2D eigenvalue weighted by molar-refractivity contribution is 0.103. The molecule has 30 heavy (non-hydrogen) atoms. The Labute approximate surface area is 173 Å². The number of carbonyl (C=O) groups excluding carboxylic acids is 1. The third-order valence-electron chi connectivity index (χ3n) is 4.36. The van der Waals surface area contributed by atoms with Crippen molar-refractivity contribution < 1.29 is 22.0 Å². The van der Waals surface area contributed by atoms with Crippen molar-refractivity contribution in [1.82, 2.24) is 15.0 Å². The summed E-state index contributed by atoms with van der Waals surface area (Å²) in [6.07, 6.45) is 2.81. The Balaban J connectivity index is 1.77. The van der Waals surface area contributed by atoms with Crippen LogP contribution in [0.25, 0.3) is 11.0 Å². The molecule has 0 atom stereocenters. The second-order valence-electron chi connectivity index (χ2n) is 6.43. The van der Waals surface area contributed by atoms with Crippen LogP contribution in [-0.2, 0) is 10.0 Å². The monoisotopic (exact) mass is 448 g/mol. The SMILES string of the molecule is Cc1nc(C)c(S(=O)(=O)Nc2ccc(F)c(C(=O)c3c[nH]c4ncccc34)c2F)s1. The number of anilines is 1. The molecule has 3 aromatic heterocycles. The van der Waals surface area contributed by atoms with Gasteiger partial charge in [0.2, 0.25) is 5.78 Å². The van der Waals surface area contributed by atoms with Crippen LogP contribution < -0.4 is 4.72 Å². The quantitative estimate of drug-likeness (QED) is 0.450. The average molecular weight is 448 g/mol. The molecule has 0 aliphatic carbocycles. The number of pyridine rings is 1. The third kappa shape index (κ3) is 3.35. The molecule has 7 nitrogen and oxygen atoms in total. The van der Waals surface area contributed by atoms with Gasteiger partial charge in [0.15, 0.2) is 10.0 Å². The number of H-pyrrole nitrogens is 1. The first-order chi connectivity index (χ1) is 14.2. The molecular weight excluding hydrogens is 434 g/mol. The number of nitrogens with one attached hydrogen (secondary N) is 2. The summed E-state index contributed by atoms with van der Waals surface area (Å²) in [5.74, 6) is -3.35. The number of carbonyl (C=O) groups is 1. The second-order valence-corrected chi connectivity index (χ2v) is 9.51. The van der Waals surface area contributed by atoms with E-state index in [1.807, 2.05) is 0 Å². The molecule has 0 radical (unpaired) electrons. The Morgan fingerprint density at radius 2 is 1.97 bits per heavy atom. The van der Waals surface area contributed by atoms with Crippen molar-refractivity contribution in [3.8, 4) is 0 Å². The van der Waals surface area contributed by atoms with E-state index in [1.165, 1.54) is 19.3 Å². The zero-order chi connectivity index (χ0) is 21.6. The van der Waals surface area contributed by atoms with Crippen molar-refractivity contribution in [2.45, 2.75) is 18.1 Å². The molecule has 0 aliphatic heterocycles. The van der Waals surface area contributed by atoms with Gasteiger partial charge in [0.05, 0.1) is 22.0 Å². The predicted octanol–water partition coefficient (Wildman–Crippen LogP) is 3.95. The van der Waals surface area contributed by atoms with Crippen LogP contribution in [0.15, 0.2) is 40.9 Å². The van der Waals surface area contributed by atoms with Gasteiger partial charge in [-0.05, 0) is 38.1 Å². The molecule has 0 fully saturated rings. The first kappa shape index (κ1) is 20.1. The summed E-state index contributed by atoms with van der Waals surface area (Å²) in [7, 11) is -4.17. The van der Waals surface area contributed by atoms with Crippen molar-refractivity contribution >= 4 is 43.9 Å². The van der Waals surface area contributed by atoms with Gasteiger partial charge in [0.1, 0.15) is 11.5 Å². The number of aryl methyl sites for hydroxylation is 2. The topological polar surface area (TPSA) is 105 Å². The van der Waals surface area contributed by atoms with Crippen LogP contribution in [-0.4, -0.2) is 29.2 Å². The number of nitrogens with zero attached hydrogens (tertiary/aromatic N) is 2. The van der Waals surface area contributed by atoms with Gasteiger partial charge in [0, 0.05) is 23.3 Å². The summed E-state index contributed by atoms with van der Waals surface area (Å²) in [5.41, 5.74) is -0.741. The summed E-state index contributed by atoms with van der Waals surface area (Å²) < 4.78 is 56.8. The number of fused-ring (bicyclic) bond motifs is 1. The van der Waals surface area contributed by atoms with Gasteiger partial charge in [-0.2, -0.15) is 0 Å². The van der Waals surface area contributed by atoms with E-state index in [0.717, 1.165) is 23.5 Å². The molecule has 0 bridgehead atoms. The van der Waals surface area contributed by atoms with Gasteiger partial charge >= 0.3 is 0 Å². The number of hydrogen-bond acceptors (Lipinski definition) is 6. The third-order valence-corrected chi connectivity index (χ3v) is 7.41. The summed E-state index contributed by atoms with van der Waals surface area (Å²) in [6.45, 7) is 3.15. The molecule has 0 unspecified atom stereocenters. The maximum Gasteiger partial charge on any atom is 0.273 e. The summed E-state index contributed by atoms with van der Waals surface area (Å²) >= 11 is 0.923. The minimum Gasteiger partial charge on any atom is -0.345 e. The second kappa shape index (κ2) is 7.26. The Morgan fingerprint density at radius 3 is 2.67 bits per heavy atom. The van der Waals surface area contributed by atoms with Crippen molar-refractivity contribution in [3.63, 3.8) is 0 Å². The number of aromatic nitrogens is 3. The average Bonchev–Trinajstić information content (AvgIpc) is 3.27. The first-order valence-corrected chi connectivity index (χ1v) is 10.9. The molecular formula is C19H14F2N4O3S2. The number of thiazole rings is 1. The van der Waals surface area contributed by atoms with Crippen LogP contribution in [0.3, 0.4) is 0 Å². The Morgan fingerprint density at radius 1 is 1.20 bits per heavy atom. The highest BCUT2D eigenvalue weighted by Gasteiger charge is 2.27. The van der Waals surface area contributed by atoms with Crippen molar-refractivity contribution in [1.29, 1.82) is 0 Å². The van der Waals surface area contributed by atoms with E-state index in [2.05, 4.69) is 19.7 Å². The summed E-state index contributed by atoms with van der Waals surface area (Å²) in [4.78, 5) is 23.7. The molecule has 11 heteroatoms. The standard InChI is InChI=1S/C19H14F2N4O3S2/c1-9-19(29-10(2)24-9)30(27,28)25-14-6-5-13(20)15(16(14)21)17(26)12-8-23-18-11(12)4-3-7-22-18/h3-8,25H,1-2H3,(H,22,23). The lowest BCUT2D eigenvalue weighted by Gasteiger charge is -2.11. The maximum atomic E-state index is 15.1. The van der Waals surface area contributed by atoms with E-state index in [-0.39, 0.29) is 15.5 Å². The van der Waals surface area contributed by atoms with E-state index in [0.29, 0.717) is 16.0 Å².